The molecule has 4 bridgehead atoms. The molecule has 1 spiro atoms. The largest absolute Gasteiger partial charge is 0.309 e. The summed E-state index contributed by atoms with van der Waals surface area (Å²) < 4.78 is 5.16. The fraction of sp³-hybridized carbons (Fsp3) is 0.192. The van der Waals surface area contributed by atoms with Gasteiger partial charge in [-0.25, -0.2) is 0 Å². The second-order valence-electron chi connectivity index (χ2n) is 16.9. The van der Waals surface area contributed by atoms with Gasteiger partial charge in [-0.15, -0.1) is 11.3 Å². The lowest BCUT2D eigenvalue weighted by Gasteiger charge is -2.61. The summed E-state index contributed by atoms with van der Waals surface area (Å²) in [5, 5.41) is 5.28. The highest BCUT2D eigenvalue weighted by molar-refractivity contribution is 7.25. The van der Waals surface area contributed by atoms with Gasteiger partial charge in [0.2, 0.25) is 0 Å². The Kier molecular flexibility index (Phi) is 6.01. The minimum Gasteiger partial charge on any atom is -0.309 e. The third kappa shape index (κ3) is 3.89. The number of hydrogen-bond donors (Lipinski definition) is 0. The van der Waals surface area contributed by atoms with Crippen LogP contribution in [-0.4, -0.2) is 4.57 Å². The maximum absolute atomic E-state index is 2.62. The van der Waals surface area contributed by atoms with Gasteiger partial charge in [0.15, 0.2) is 0 Å². The van der Waals surface area contributed by atoms with E-state index in [1.807, 2.05) is 11.3 Å². The second-order valence-corrected chi connectivity index (χ2v) is 18.0. The first-order valence-electron chi connectivity index (χ1n) is 20.0. The van der Waals surface area contributed by atoms with E-state index in [1.165, 1.54) is 113 Å². The van der Waals surface area contributed by atoms with Crippen molar-refractivity contribution in [1.82, 2.24) is 4.57 Å². The number of aromatic nitrogens is 1. The second kappa shape index (κ2) is 10.8. The summed E-state index contributed by atoms with van der Waals surface area (Å²) in [6, 6.07) is 58.0. The molecule has 2 heterocycles. The number of thiophene rings is 1. The molecule has 9 aromatic rings. The van der Waals surface area contributed by atoms with Gasteiger partial charge in [-0.3, -0.25) is 0 Å². The van der Waals surface area contributed by atoms with Crippen LogP contribution in [-0.2, 0) is 5.41 Å². The summed E-state index contributed by atoms with van der Waals surface area (Å²) in [5.41, 5.74) is 15.3. The Labute approximate surface area is 319 Å². The monoisotopic (exact) mass is 709 g/mol. The Balaban J connectivity index is 0.944. The molecular weight excluding hydrogens is 671 g/mol. The fourth-order valence-electron chi connectivity index (χ4n) is 12.6. The van der Waals surface area contributed by atoms with E-state index in [1.54, 1.807) is 11.1 Å². The van der Waals surface area contributed by atoms with Crippen LogP contribution < -0.4 is 0 Å². The minimum atomic E-state index is 0.190. The molecule has 14 rings (SSSR count). The SMILES string of the molecule is c1ccc2c(c1)-c1ccc(-c3ccc(-n4c5ccccc5c5ccc(-c6cccc7sc8ccccc8c67)cc54)cc3)cc1C21C2CC3CC(C2)CC1C3. The van der Waals surface area contributed by atoms with Crippen molar-refractivity contribution in [3.63, 3.8) is 0 Å². The number of rotatable bonds is 3. The molecule has 0 amide bonds. The average molecular weight is 710 g/mol. The number of benzene rings is 7. The van der Waals surface area contributed by atoms with E-state index in [-0.39, 0.29) is 5.41 Å². The van der Waals surface area contributed by atoms with Crippen LogP contribution in [0.4, 0.5) is 0 Å². The van der Waals surface area contributed by atoms with Crippen molar-refractivity contribution in [3.05, 3.63) is 163 Å². The Morgan fingerprint density at radius 1 is 0.444 bits per heavy atom. The molecule has 0 radical (unpaired) electrons. The first-order valence-corrected chi connectivity index (χ1v) is 20.8. The Hall–Kier alpha value is -5.44. The number of nitrogens with zero attached hydrogens (tertiary/aromatic N) is 1. The topological polar surface area (TPSA) is 4.93 Å². The normalized spacial score (nSPS) is 23.6. The van der Waals surface area contributed by atoms with Crippen LogP contribution in [0.5, 0.6) is 0 Å². The Bertz CT molecular complexity index is 2980. The number of hydrogen-bond acceptors (Lipinski definition) is 1. The molecule has 2 aromatic heterocycles. The first-order chi connectivity index (χ1) is 26.7. The summed E-state index contributed by atoms with van der Waals surface area (Å²) in [5.74, 6) is 3.45. The highest BCUT2D eigenvalue weighted by Crippen LogP contribution is 2.69. The average Bonchev–Trinajstić information content (AvgIpc) is 3.86. The molecule has 0 aliphatic heterocycles. The van der Waals surface area contributed by atoms with Gasteiger partial charge in [0.1, 0.15) is 0 Å². The van der Waals surface area contributed by atoms with E-state index in [9.17, 15) is 0 Å². The van der Waals surface area contributed by atoms with Crippen LogP contribution >= 0.6 is 11.3 Å². The molecule has 0 atom stereocenters. The van der Waals surface area contributed by atoms with E-state index in [4.69, 9.17) is 0 Å². The maximum Gasteiger partial charge on any atom is 0.0547 e. The van der Waals surface area contributed by atoms with Crippen LogP contribution in [0, 0.1) is 23.7 Å². The summed E-state index contributed by atoms with van der Waals surface area (Å²) >= 11 is 1.89. The zero-order chi connectivity index (χ0) is 35.1. The molecule has 258 valence electrons. The van der Waals surface area contributed by atoms with Gasteiger partial charge in [-0.1, -0.05) is 109 Å². The van der Waals surface area contributed by atoms with Crippen molar-refractivity contribution in [2.45, 2.75) is 37.5 Å². The van der Waals surface area contributed by atoms with Crippen molar-refractivity contribution in [1.29, 1.82) is 0 Å². The summed E-state index contributed by atoms with van der Waals surface area (Å²) in [6.07, 6.45) is 7.15. The standard InChI is InChI=1S/C52H39NS/c1-4-12-45-40(8-1)41-22-18-34(29-46(41)52(45)36-25-31-24-32(27-36)28-37(52)26-31)33-16-20-38(21-17-33)53-47-13-5-2-9-42(47)43-23-19-35(30-48(43)53)39-11-7-15-50-51(39)44-10-3-6-14-49(44)54-50/h1-23,29-32,36-37H,24-28H2. The molecular formula is C52H39NS. The number of fused-ring (bicyclic) bond motifs is 9. The van der Waals surface area contributed by atoms with Crippen LogP contribution in [0.1, 0.15) is 43.2 Å². The highest BCUT2D eigenvalue weighted by atomic mass is 32.1. The van der Waals surface area contributed by atoms with Crippen LogP contribution in [0.15, 0.2) is 152 Å². The molecule has 54 heavy (non-hydrogen) atoms. The van der Waals surface area contributed by atoms with Crippen molar-refractivity contribution in [3.8, 4) is 39.1 Å². The lowest BCUT2D eigenvalue weighted by atomic mass is 9.43. The molecule has 7 aromatic carbocycles. The predicted octanol–water partition coefficient (Wildman–Crippen LogP) is 14.2. The summed E-state index contributed by atoms with van der Waals surface area (Å²) in [7, 11) is 0. The van der Waals surface area contributed by atoms with E-state index >= 15 is 0 Å². The molecule has 4 saturated carbocycles. The highest BCUT2D eigenvalue weighted by Gasteiger charge is 2.61. The molecule has 0 N–H and O–H groups in total. The molecule has 1 nitrogen and oxygen atoms in total. The van der Waals surface area contributed by atoms with E-state index in [0.29, 0.717) is 0 Å². The quantitative estimate of drug-likeness (QED) is 0.172. The lowest BCUT2D eigenvalue weighted by molar-refractivity contribution is -0.0399. The van der Waals surface area contributed by atoms with Crippen molar-refractivity contribution >= 4 is 53.3 Å². The van der Waals surface area contributed by atoms with E-state index in [2.05, 4.69) is 156 Å². The van der Waals surface area contributed by atoms with Gasteiger partial charge in [0.05, 0.1) is 11.0 Å². The van der Waals surface area contributed by atoms with Gasteiger partial charge in [-0.2, -0.15) is 0 Å². The van der Waals surface area contributed by atoms with Crippen molar-refractivity contribution in [2.75, 3.05) is 0 Å². The summed E-state index contributed by atoms with van der Waals surface area (Å²) in [4.78, 5) is 0. The lowest BCUT2D eigenvalue weighted by Crippen LogP contribution is -2.55. The van der Waals surface area contributed by atoms with Crippen LogP contribution in [0.3, 0.4) is 0 Å². The Morgan fingerprint density at radius 3 is 1.94 bits per heavy atom. The maximum atomic E-state index is 2.62. The fourth-order valence-corrected chi connectivity index (χ4v) is 13.7. The third-order valence-corrected chi connectivity index (χ3v) is 15.5. The van der Waals surface area contributed by atoms with Crippen LogP contribution in [0.2, 0.25) is 0 Å². The van der Waals surface area contributed by atoms with Crippen LogP contribution in [0.25, 0.3) is 81.0 Å². The van der Waals surface area contributed by atoms with E-state index in [0.717, 1.165) is 23.7 Å². The summed E-state index contributed by atoms with van der Waals surface area (Å²) in [6.45, 7) is 0. The van der Waals surface area contributed by atoms with Gasteiger partial charge in [-0.05, 0) is 143 Å². The Morgan fingerprint density at radius 2 is 1.09 bits per heavy atom. The minimum absolute atomic E-state index is 0.190. The number of para-hydroxylation sites is 1. The molecule has 0 unspecified atom stereocenters. The van der Waals surface area contributed by atoms with Gasteiger partial charge in [0, 0.05) is 42.0 Å². The zero-order valence-corrected chi connectivity index (χ0v) is 31.0. The molecule has 5 aliphatic rings. The third-order valence-electron chi connectivity index (χ3n) is 14.4. The van der Waals surface area contributed by atoms with Gasteiger partial charge >= 0.3 is 0 Å². The van der Waals surface area contributed by atoms with Gasteiger partial charge < -0.3 is 4.57 Å². The molecule has 2 heteroatoms. The zero-order valence-electron chi connectivity index (χ0n) is 30.1. The molecule has 4 fully saturated rings. The molecule has 5 aliphatic carbocycles. The smallest absolute Gasteiger partial charge is 0.0547 e. The van der Waals surface area contributed by atoms with Gasteiger partial charge in [0.25, 0.3) is 0 Å². The predicted molar refractivity (Wildman–Crippen MR) is 228 cm³/mol. The van der Waals surface area contributed by atoms with Crippen molar-refractivity contribution < 1.29 is 0 Å². The van der Waals surface area contributed by atoms with E-state index < -0.39 is 0 Å². The molecule has 0 saturated heterocycles. The first kappa shape index (κ1) is 29.9. The van der Waals surface area contributed by atoms with Crippen molar-refractivity contribution in [2.24, 2.45) is 23.7 Å².